The van der Waals surface area contributed by atoms with Crippen LogP contribution in [0, 0.1) is 13.8 Å². The van der Waals surface area contributed by atoms with E-state index in [1.165, 1.54) is 11.8 Å². The van der Waals surface area contributed by atoms with E-state index in [4.69, 9.17) is 0 Å². The van der Waals surface area contributed by atoms with Crippen molar-refractivity contribution in [1.82, 2.24) is 20.2 Å². The van der Waals surface area contributed by atoms with Crippen molar-refractivity contribution in [3.63, 3.8) is 0 Å². The monoisotopic (exact) mass is 333 g/mol. The van der Waals surface area contributed by atoms with E-state index in [1.807, 2.05) is 59.7 Å². The minimum absolute atomic E-state index is 0.0628. The van der Waals surface area contributed by atoms with Gasteiger partial charge in [-0.2, -0.15) is 0 Å². The molecule has 0 spiro atoms. The van der Waals surface area contributed by atoms with Gasteiger partial charge in [0.1, 0.15) is 0 Å². The number of nitrogens with zero attached hydrogens (tertiary/aromatic N) is 4. The van der Waals surface area contributed by atoms with E-state index >= 15 is 0 Å². The van der Waals surface area contributed by atoms with Crippen LogP contribution in [0.5, 0.6) is 0 Å². The van der Waals surface area contributed by atoms with Gasteiger partial charge in [-0.15, -0.1) is 5.10 Å². The van der Waals surface area contributed by atoms with Crippen LogP contribution in [-0.2, 0) is 10.3 Å². The highest BCUT2D eigenvalue weighted by atomic mass is 32.2. The fraction of sp³-hybridized carbons (Fsp3) is 0.500. The minimum Gasteiger partial charge on any atom is -0.325 e. The van der Waals surface area contributed by atoms with Crippen LogP contribution in [-0.4, -0.2) is 31.4 Å². The van der Waals surface area contributed by atoms with Crippen LogP contribution >= 0.6 is 11.8 Å². The zero-order valence-electron chi connectivity index (χ0n) is 14.4. The number of tetrazole rings is 1. The molecule has 0 saturated carbocycles. The maximum atomic E-state index is 12.5. The number of thioether (sulfide) groups is 1. The molecule has 23 heavy (non-hydrogen) atoms. The van der Waals surface area contributed by atoms with Gasteiger partial charge in [-0.25, -0.2) is 4.68 Å². The number of amides is 1. The molecule has 2 rings (SSSR count). The standard InChI is InChI=1S/C16H23N5OS/c1-10-7-8-11(2)13(9-10)17-14(22)12(3)23-15-18-19-20-21(15)16(4,5)6/h7-9,12H,1-6H3,(H,17,22). The number of aryl methyl sites for hydroxylation is 2. The third-order valence-electron chi connectivity index (χ3n) is 3.38. The first-order valence-electron chi connectivity index (χ1n) is 7.52. The molecule has 0 bridgehead atoms. The van der Waals surface area contributed by atoms with Crippen LogP contribution in [0.3, 0.4) is 0 Å². The predicted molar refractivity (Wildman–Crippen MR) is 92.7 cm³/mol. The van der Waals surface area contributed by atoms with Gasteiger partial charge in [-0.3, -0.25) is 4.79 Å². The SMILES string of the molecule is Cc1ccc(C)c(NC(=O)C(C)Sc2nnnn2C(C)(C)C)c1. The Hall–Kier alpha value is -1.89. The summed E-state index contributed by atoms with van der Waals surface area (Å²) in [6, 6.07) is 6.01. The molecule has 1 unspecified atom stereocenters. The maximum absolute atomic E-state index is 12.5. The zero-order chi connectivity index (χ0) is 17.2. The molecule has 0 aliphatic heterocycles. The number of carbonyl (C=O) groups is 1. The summed E-state index contributed by atoms with van der Waals surface area (Å²) in [5, 5.41) is 15.1. The summed E-state index contributed by atoms with van der Waals surface area (Å²) >= 11 is 1.36. The first-order valence-corrected chi connectivity index (χ1v) is 8.40. The molecular weight excluding hydrogens is 310 g/mol. The van der Waals surface area contributed by atoms with Crippen molar-refractivity contribution in [1.29, 1.82) is 0 Å². The third kappa shape index (κ3) is 4.31. The Balaban J connectivity index is 2.09. The van der Waals surface area contributed by atoms with Crippen LogP contribution < -0.4 is 5.32 Å². The van der Waals surface area contributed by atoms with Crippen molar-refractivity contribution in [2.45, 2.75) is 57.5 Å². The van der Waals surface area contributed by atoms with E-state index in [0.717, 1.165) is 16.8 Å². The summed E-state index contributed by atoms with van der Waals surface area (Å²) in [6.07, 6.45) is 0. The van der Waals surface area contributed by atoms with Crippen molar-refractivity contribution in [2.24, 2.45) is 0 Å². The van der Waals surface area contributed by atoms with Gasteiger partial charge in [0.25, 0.3) is 0 Å². The zero-order valence-corrected chi connectivity index (χ0v) is 15.2. The Labute approximate surface area is 141 Å². The molecule has 0 radical (unpaired) electrons. The summed E-state index contributed by atoms with van der Waals surface area (Å²) in [5.74, 6) is -0.0628. The minimum atomic E-state index is -0.304. The normalized spacial score (nSPS) is 13.0. The summed E-state index contributed by atoms with van der Waals surface area (Å²) in [5.41, 5.74) is 2.77. The molecule has 0 fully saturated rings. The lowest BCUT2D eigenvalue weighted by molar-refractivity contribution is -0.115. The summed E-state index contributed by atoms with van der Waals surface area (Å²) in [4.78, 5) is 12.5. The van der Waals surface area contributed by atoms with Crippen molar-refractivity contribution in [2.75, 3.05) is 5.32 Å². The molecule has 1 aromatic carbocycles. The molecule has 124 valence electrons. The van der Waals surface area contributed by atoms with Gasteiger partial charge in [-0.1, -0.05) is 23.9 Å². The molecule has 7 heteroatoms. The van der Waals surface area contributed by atoms with Crippen LogP contribution in [0.1, 0.15) is 38.8 Å². The molecule has 2 aromatic rings. The molecule has 6 nitrogen and oxygen atoms in total. The number of anilines is 1. The highest BCUT2D eigenvalue weighted by Crippen LogP contribution is 2.26. The van der Waals surface area contributed by atoms with Crippen molar-refractivity contribution >= 4 is 23.4 Å². The fourth-order valence-corrected chi connectivity index (χ4v) is 2.97. The molecule has 1 amide bonds. The Morgan fingerprint density at radius 3 is 2.65 bits per heavy atom. The number of rotatable bonds is 4. The number of hydrogen-bond acceptors (Lipinski definition) is 5. The quantitative estimate of drug-likeness (QED) is 0.870. The first-order chi connectivity index (χ1) is 10.7. The number of aromatic nitrogens is 4. The van der Waals surface area contributed by atoms with Gasteiger partial charge in [0.15, 0.2) is 0 Å². The molecule has 0 saturated heterocycles. The Morgan fingerprint density at radius 2 is 2.00 bits per heavy atom. The summed E-state index contributed by atoms with van der Waals surface area (Å²) < 4.78 is 1.74. The maximum Gasteiger partial charge on any atom is 0.237 e. The highest BCUT2D eigenvalue weighted by Gasteiger charge is 2.24. The lowest BCUT2D eigenvalue weighted by atomic mass is 10.1. The van der Waals surface area contributed by atoms with Gasteiger partial charge >= 0.3 is 0 Å². The van der Waals surface area contributed by atoms with E-state index in [9.17, 15) is 4.79 Å². The lowest BCUT2D eigenvalue weighted by Gasteiger charge is -2.20. The second-order valence-corrected chi connectivity index (χ2v) is 7.92. The number of nitrogens with one attached hydrogen (secondary N) is 1. The first kappa shape index (κ1) is 17.5. The van der Waals surface area contributed by atoms with E-state index < -0.39 is 0 Å². The fourth-order valence-electron chi connectivity index (χ4n) is 1.99. The molecule has 1 aromatic heterocycles. The smallest absolute Gasteiger partial charge is 0.237 e. The van der Waals surface area contributed by atoms with Crippen LogP contribution in [0.2, 0.25) is 0 Å². The van der Waals surface area contributed by atoms with Gasteiger partial charge in [0.2, 0.25) is 11.1 Å². The van der Waals surface area contributed by atoms with Crippen LogP contribution in [0.4, 0.5) is 5.69 Å². The molecule has 1 atom stereocenters. The van der Waals surface area contributed by atoms with Gasteiger partial charge in [0.05, 0.1) is 10.8 Å². The van der Waals surface area contributed by atoms with Gasteiger partial charge in [0, 0.05) is 5.69 Å². The summed E-state index contributed by atoms with van der Waals surface area (Å²) in [6.45, 7) is 11.9. The van der Waals surface area contributed by atoms with Crippen LogP contribution in [0.15, 0.2) is 23.4 Å². The molecule has 0 aliphatic carbocycles. The molecular formula is C16H23N5OS. The van der Waals surface area contributed by atoms with Crippen molar-refractivity contribution < 1.29 is 4.79 Å². The average Bonchev–Trinajstić information content (AvgIpc) is 2.91. The summed E-state index contributed by atoms with van der Waals surface area (Å²) in [7, 11) is 0. The Kier molecular flexibility index (Phi) is 5.09. The topological polar surface area (TPSA) is 72.7 Å². The molecule has 0 aliphatic rings. The molecule has 1 heterocycles. The second-order valence-electron chi connectivity index (χ2n) is 6.61. The third-order valence-corrected chi connectivity index (χ3v) is 4.41. The van der Waals surface area contributed by atoms with Crippen molar-refractivity contribution in [3.05, 3.63) is 29.3 Å². The van der Waals surface area contributed by atoms with Gasteiger partial charge < -0.3 is 5.32 Å². The number of hydrogen-bond donors (Lipinski definition) is 1. The van der Waals surface area contributed by atoms with E-state index in [1.54, 1.807) is 4.68 Å². The number of benzene rings is 1. The van der Waals surface area contributed by atoms with E-state index in [2.05, 4.69) is 20.8 Å². The van der Waals surface area contributed by atoms with Crippen LogP contribution in [0.25, 0.3) is 0 Å². The predicted octanol–water partition coefficient (Wildman–Crippen LogP) is 3.16. The Bertz CT molecular complexity index is 705. The number of carbonyl (C=O) groups excluding carboxylic acids is 1. The van der Waals surface area contributed by atoms with E-state index in [-0.39, 0.29) is 16.7 Å². The molecule has 1 N–H and O–H groups in total. The lowest BCUT2D eigenvalue weighted by Crippen LogP contribution is -2.27. The average molecular weight is 333 g/mol. The van der Waals surface area contributed by atoms with E-state index in [0.29, 0.717) is 5.16 Å². The Morgan fingerprint density at radius 1 is 1.30 bits per heavy atom. The highest BCUT2D eigenvalue weighted by molar-refractivity contribution is 8.00. The second kappa shape index (κ2) is 6.70. The van der Waals surface area contributed by atoms with Crippen molar-refractivity contribution in [3.8, 4) is 0 Å². The largest absolute Gasteiger partial charge is 0.325 e. The van der Waals surface area contributed by atoms with Gasteiger partial charge in [-0.05, 0) is 69.2 Å².